The van der Waals surface area contributed by atoms with Gasteiger partial charge < -0.3 is 21.1 Å². The number of nitrogens with two attached hydrogens (primary N) is 1. The summed E-state index contributed by atoms with van der Waals surface area (Å²) in [6, 6.07) is 15.1. The fourth-order valence-electron chi connectivity index (χ4n) is 5.66. The number of aliphatic hydroxyl groups is 1. The minimum atomic E-state index is -1.30. The maximum atomic E-state index is 13.7. The number of allylic oxidation sites excluding steroid dienone is 2. The molecule has 3 atom stereocenters. The number of carbonyl (C=O) groups excluding carboxylic acids is 2. The number of aliphatic hydroxyl groups excluding tert-OH is 1. The highest BCUT2D eigenvalue weighted by Crippen LogP contribution is 2.44. The number of amides is 2. The van der Waals surface area contributed by atoms with Crippen LogP contribution in [0.2, 0.25) is 10.0 Å². The number of primary amides is 1. The van der Waals surface area contributed by atoms with Crippen molar-refractivity contribution in [2.45, 2.75) is 59.1 Å². The van der Waals surface area contributed by atoms with Gasteiger partial charge in [-0.15, -0.1) is 0 Å². The highest BCUT2D eigenvalue weighted by Gasteiger charge is 2.48. The quantitative estimate of drug-likeness (QED) is 0.265. The second kappa shape index (κ2) is 14.8. The topological polar surface area (TPSA) is 95.7 Å². The Hall–Kier alpha value is -2.64. The van der Waals surface area contributed by atoms with Crippen LogP contribution in [0.25, 0.3) is 0 Å². The number of halogens is 2. The number of nitrogens with zero attached hydrogens (tertiary/aromatic N) is 1. The molecule has 0 radical (unpaired) electrons. The first-order chi connectivity index (χ1) is 19.1. The second-order valence-electron chi connectivity index (χ2n) is 10.7. The standard InChI is InChI=1S/C32H41Cl2N3O3/c1-4-11-37(12-5-2)30(39)25-13-22(3)18-32(19-25,31(35)40)28(16-24-14-26(33)17-27(34)15-24)29(38)21-36-20-23-9-7-6-8-10-23/h6-10,13-15,17-18,28-29,36,38H,4-5,11-12,16,19-21H2,1-3H3,(H2,35,40)/t28-,29+,32?/m1/s1. The molecular weight excluding hydrogens is 545 g/mol. The van der Waals surface area contributed by atoms with Crippen molar-refractivity contribution in [1.82, 2.24) is 10.2 Å². The first-order valence-electron chi connectivity index (χ1n) is 14.0. The third-order valence-corrected chi connectivity index (χ3v) is 7.84. The van der Waals surface area contributed by atoms with Gasteiger partial charge in [0.1, 0.15) is 0 Å². The van der Waals surface area contributed by atoms with Crippen LogP contribution in [-0.2, 0) is 22.6 Å². The molecule has 0 heterocycles. The van der Waals surface area contributed by atoms with E-state index < -0.39 is 23.3 Å². The average molecular weight is 587 g/mol. The molecule has 0 aliphatic heterocycles. The molecule has 1 aliphatic carbocycles. The summed E-state index contributed by atoms with van der Waals surface area (Å²) in [5.41, 5.74) is 8.02. The number of hydrogen-bond acceptors (Lipinski definition) is 4. The Kier molecular flexibility index (Phi) is 11.8. The smallest absolute Gasteiger partial charge is 0.249 e. The van der Waals surface area contributed by atoms with Crippen LogP contribution in [0.4, 0.5) is 0 Å². The molecule has 4 N–H and O–H groups in total. The highest BCUT2D eigenvalue weighted by atomic mass is 35.5. The summed E-state index contributed by atoms with van der Waals surface area (Å²) in [4.78, 5) is 28.9. The number of carbonyl (C=O) groups is 2. The van der Waals surface area contributed by atoms with Gasteiger partial charge in [-0.2, -0.15) is 0 Å². The van der Waals surface area contributed by atoms with Crippen LogP contribution >= 0.6 is 23.2 Å². The first-order valence-corrected chi connectivity index (χ1v) is 14.7. The van der Waals surface area contributed by atoms with Gasteiger partial charge >= 0.3 is 0 Å². The van der Waals surface area contributed by atoms with Gasteiger partial charge in [0.2, 0.25) is 11.8 Å². The Morgan fingerprint density at radius 1 is 1.05 bits per heavy atom. The average Bonchev–Trinajstić information content (AvgIpc) is 2.90. The fourth-order valence-corrected chi connectivity index (χ4v) is 6.23. The Labute approximate surface area is 248 Å². The summed E-state index contributed by atoms with van der Waals surface area (Å²) in [5, 5.41) is 15.9. The Balaban J connectivity index is 1.99. The molecule has 2 amide bonds. The summed E-state index contributed by atoms with van der Waals surface area (Å²) >= 11 is 12.6. The molecule has 0 spiro atoms. The first kappa shape index (κ1) is 31.9. The summed E-state index contributed by atoms with van der Waals surface area (Å²) in [6.45, 7) is 7.98. The van der Waals surface area contributed by atoms with E-state index in [2.05, 4.69) is 5.32 Å². The maximum absolute atomic E-state index is 13.7. The van der Waals surface area contributed by atoms with Crippen LogP contribution in [0, 0.1) is 11.3 Å². The van der Waals surface area contributed by atoms with Crippen molar-refractivity contribution in [2.75, 3.05) is 19.6 Å². The van der Waals surface area contributed by atoms with E-state index in [-0.39, 0.29) is 25.3 Å². The number of benzene rings is 2. The number of hydrogen-bond donors (Lipinski definition) is 3. The summed E-state index contributed by atoms with van der Waals surface area (Å²) in [5.74, 6) is -1.33. The van der Waals surface area contributed by atoms with Gasteiger partial charge in [-0.1, -0.05) is 85.1 Å². The van der Waals surface area contributed by atoms with Crippen LogP contribution in [0.15, 0.2) is 71.8 Å². The highest BCUT2D eigenvalue weighted by molar-refractivity contribution is 6.34. The zero-order chi connectivity index (χ0) is 29.3. The molecule has 0 fully saturated rings. The van der Waals surface area contributed by atoms with Crippen molar-refractivity contribution < 1.29 is 14.7 Å². The van der Waals surface area contributed by atoms with Crippen molar-refractivity contribution in [1.29, 1.82) is 0 Å². The summed E-state index contributed by atoms with van der Waals surface area (Å²) in [7, 11) is 0. The van der Waals surface area contributed by atoms with E-state index in [0.717, 1.165) is 29.5 Å². The minimum absolute atomic E-state index is 0.0944. The molecule has 40 heavy (non-hydrogen) atoms. The van der Waals surface area contributed by atoms with Crippen molar-refractivity contribution >= 4 is 35.0 Å². The number of rotatable bonds is 14. The number of nitrogens with one attached hydrogen (secondary N) is 1. The van der Waals surface area contributed by atoms with Crippen LogP contribution in [0.1, 0.15) is 51.2 Å². The van der Waals surface area contributed by atoms with Gasteiger partial charge in [-0.25, -0.2) is 0 Å². The Morgan fingerprint density at radius 3 is 2.25 bits per heavy atom. The largest absolute Gasteiger partial charge is 0.391 e. The molecule has 0 aromatic heterocycles. The normalized spacial score (nSPS) is 18.4. The van der Waals surface area contributed by atoms with Crippen LogP contribution in [0.5, 0.6) is 0 Å². The van der Waals surface area contributed by atoms with E-state index in [4.69, 9.17) is 28.9 Å². The lowest BCUT2D eigenvalue weighted by atomic mass is 9.63. The molecule has 2 aromatic carbocycles. The van der Waals surface area contributed by atoms with Gasteiger partial charge in [0.15, 0.2) is 0 Å². The molecule has 1 unspecified atom stereocenters. The Morgan fingerprint density at radius 2 is 1.68 bits per heavy atom. The van der Waals surface area contributed by atoms with E-state index in [0.29, 0.717) is 35.3 Å². The molecule has 8 heteroatoms. The predicted octanol–water partition coefficient (Wildman–Crippen LogP) is 5.70. The van der Waals surface area contributed by atoms with Crippen molar-refractivity contribution in [2.24, 2.45) is 17.1 Å². The van der Waals surface area contributed by atoms with Gasteiger partial charge in [0.25, 0.3) is 0 Å². The lowest BCUT2D eigenvalue weighted by molar-refractivity contribution is -0.132. The molecule has 0 saturated heterocycles. The van der Waals surface area contributed by atoms with E-state index in [1.807, 2.05) is 68.2 Å². The van der Waals surface area contributed by atoms with Crippen molar-refractivity contribution in [3.63, 3.8) is 0 Å². The lowest BCUT2D eigenvalue weighted by Crippen LogP contribution is -2.51. The Bertz CT molecular complexity index is 1200. The maximum Gasteiger partial charge on any atom is 0.249 e. The van der Waals surface area contributed by atoms with E-state index in [1.54, 1.807) is 18.2 Å². The zero-order valence-corrected chi connectivity index (χ0v) is 25.1. The second-order valence-corrected chi connectivity index (χ2v) is 11.6. The van der Waals surface area contributed by atoms with Gasteiger partial charge in [-0.3, -0.25) is 9.59 Å². The zero-order valence-electron chi connectivity index (χ0n) is 23.6. The SMILES string of the molecule is CCCN(CCC)C(=O)C1=CC(C)=CC(C(N)=O)([C@H](Cc2cc(Cl)cc(Cl)c2)[C@@H](O)CNCc2ccccc2)C1. The monoisotopic (exact) mass is 585 g/mol. The minimum Gasteiger partial charge on any atom is -0.391 e. The van der Waals surface area contributed by atoms with Crippen LogP contribution in [-0.4, -0.2) is 47.6 Å². The third kappa shape index (κ3) is 8.20. The van der Waals surface area contributed by atoms with Crippen molar-refractivity contribution in [3.8, 4) is 0 Å². The molecule has 0 bridgehead atoms. The van der Waals surface area contributed by atoms with Gasteiger partial charge in [-0.05, 0) is 61.9 Å². The van der Waals surface area contributed by atoms with E-state index in [1.165, 1.54) is 0 Å². The lowest BCUT2D eigenvalue weighted by Gasteiger charge is -2.42. The van der Waals surface area contributed by atoms with Crippen LogP contribution in [0.3, 0.4) is 0 Å². The van der Waals surface area contributed by atoms with E-state index >= 15 is 0 Å². The molecular formula is C32H41Cl2N3O3. The molecule has 2 aromatic rings. The summed E-state index contributed by atoms with van der Waals surface area (Å²) in [6.07, 6.45) is 4.77. The van der Waals surface area contributed by atoms with Gasteiger partial charge in [0, 0.05) is 47.7 Å². The fraction of sp³-hybridized carbons (Fsp3) is 0.438. The molecule has 0 saturated carbocycles. The molecule has 6 nitrogen and oxygen atoms in total. The molecule has 216 valence electrons. The summed E-state index contributed by atoms with van der Waals surface area (Å²) < 4.78 is 0. The predicted molar refractivity (Wildman–Crippen MR) is 163 cm³/mol. The van der Waals surface area contributed by atoms with E-state index in [9.17, 15) is 14.7 Å². The molecule has 1 aliphatic rings. The molecule has 3 rings (SSSR count). The van der Waals surface area contributed by atoms with Gasteiger partial charge in [0.05, 0.1) is 11.5 Å². The third-order valence-electron chi connectivity index (χ3n) is 7.41. The van der Waals surface area contributed by atoms with Crippen molar-refractivity contribution in [3.05, 3.63) is 93.0 Å². The van der Waals surface area contributed by atoms with Crippen LogP contribution < -0.4 is 11.1 Å².